The molecule has 1 heterocycles. The number of ether oxygens (including phenoxy) is 1. The van der Waals surface area contributed by atoms with Gasteiger partial charge in [-0.15, -0.1) is 0 Å². The van der Waals surface area contributed by atoms with E-state index in [9.17, 15) is 18.0 Å². The summed E-state index contributed by atoms with van der Waals surface area (Å²) >= 11 is 0. The van der Waals surface area contributed by atoms with Gasteiger partial charge in [-0.1, -0.05) is 0 Å². The van der Waals surface area contributed by atoms with E-state index in [1.54, 1.807) is 0 Å². The lowest BCUT2D eigenvalue weighted by atomic mass is 9.78. The second-order valence-electron chi connectivity index (χ2n) is 5.16. The number of alkyl halides is 3. The molecule has 1 aliphatic rings. The molecule has 19 heavy (non-hydrogen) atoms. The number of carbonyl (C=O) groups is 1. The van der Waals surface area contributed by atoms with E-state index in [0.717, 1.165) is 0 Å². The fourth-order valence-corrected chi connectivity index (χ4v) is 2.39. The molecule has 1 fully saturated rings. The van der Waals surface area contributed by atoms with Crippen molar-refractivity contribution in [1.82, 2.24) is 10.6 Å². The van der Waals surface area contributed by atoms with Crippen molar-refractivity contribution >= 4 is 5.91 Å². The Morgan fingerprint density at radius 1 is 1.42 bits per heavy atom. The molecule has 0 bridgehead atoms. The Morgan fingerprint density at radius 3 is 2.47 bits per heavy atom. The van der Waals surface area contributed by atoms with Gasteiger partial charge in [-0.05, 0) is 32.9 Å². The van der Waals surface area contributed by atoms with E-state index in [4.69, 9.17) is 4.74 Å². The van der Waals surface area contributed by atoms with E-state index in [1.165, 1.54) is 14.0 Å². The molecule has 0 aromatic carbocycles. The predicted molar refractivity (Wildman–Crippen MR) is 64.7 cm³/mol. The quantitative estimate of drug-likeness (QED) is 0.802. The van der Waals surface area contributed by atoms with E-state index >= 15 is 0 Å². The lowest BCUT2D eigenvalue weighted by Gasteiger charge is -2.36. The zero-order valence-corrected chi connectivity index (χ0v) is 11.3. The molecule has 1 saturated heterocycles. The SMILES string of the molecule is COCC1(C(=O)NC(C)CC(F)(F)F)CCNCC1. The summed E-state index contributed by atoms with van der Waals surface area (Å²) < 4.78 is 41.8. The second kappa shape index (κ2) is 6.56. The van der Waals surface area contributed by atoms with Crippen molar-refractivity contribution in [3.8, 4) is 0 Å². The molecule has 0 radical (unpaired) electrons. The highest BCUT2D eigenvalue weighted by Gasteiger charge is 2.41. The minimum atomic E-state index is -4.27. The molecule has 4 nitrogen and oxygen atoms in total. The van der Waals surface area contributed by atoms with Crippen LogP contribution in [0.15, 0.2) is 0 Å². The van der Waals surface area contributed by atoms with Crippen molar-refractivity contribution in [1.29, 1.82) is 0 Å². The Labute approximate surface area is 111 Å². The molecule has 1 amide bonds. The third-order valence-corrected chi connectivity index (χ3v) is 3.38. The minimum absolute atomic E-state index is 0.235. The van der Waals surface area contributed by atoms with Crippen LogP contribution in [0.4, 0.5) is 13.2 Å². The van der Waals surface area contributed by atoms with Crippen molar-refractivity contribution in [2.24, 2.45) is 5.41 Å². The molecule has 1 atom stereocenters. The van der Waals surface area contributed by atoms with Gasteiger partial charge < -0.3 is 15.4 Å². The molecule has 0 aliphatic carbocycles. The first-order valence-corrected chi connectivity index (χ1v) is 6.36. The van der Waals surface area contributed by atoms with E-state index in [0.29, 0.717) is 25.9 Å². The average molecular weight is 282 g/mol. The summed E-state index contributed by atoms with van der Waals surface area (Å²) in [5, 5.41) is 5.59. The first-order chi connectivity index (χ1) is 8.79. The van der Waals surface area contributed by atoms with Crippen LogP contribution in [-0.2, 0) is 9.53 Å². The molecule has 0 aromatic rings. The van der Waals surface area contributed by atoms with Crippen molar-refractivity contribution in [2.75, 3.05) is 26.8 Å². The number of hydrogen-bond donors (Lipinski definition) is 2. The van der Waals surface area contributed by atoms with Crippen molar-refractivity contribution in [2.45, 2.75) is 38.4 Å². The fraction of sp³-hybridized carbons (Fsp3) is 0.917. The second-order valence-corrected chi connectivity index (χ2v) is 5.16. The molecule has 0 aromatic heterocycles. The number of nitrogens with one attached hydrogen (secondary N) is 2. The lowest BCUT2D eigenvalue weighted by Crippen LogP contribution is -2.52. The van der Waals surface area contributed by atoms with Gasteiger partial charge in [0.25, 0.3) is 0 Å². The van der Waals surface area contributed by atoms with Gasteiger partial charge in [-0.3, -0.25) is 4.79 Å². The molecule has 7 heteroatoms. The van der Waals surface area contributed by atoms with E-state index in [2.05, 4.69) is 10.6 Å². The lowest BCUT2D eigenvalue weighted by molar-refractivity contribution is -0.146. The fourth-order valence-electron chi connectivity index (χ4n) is 2.39. The molecular formula is C12H21F3N2O2. The summed E-state index contributed by atoms with van der Waals surface area (Å²) in [6.07, 6.45) is -4.13. The van der Waals surface area contributed by atoms with Crippen LogP contribution in [0.3, 0.4) is 0 Å². The number of piperidine rings is 1. The highest BCUT2D eigenvalue weighted by atomic mass is 19.4. The van der Waals surface area contributed by atoms with Crippen LogP contribution in [0.2, 0.25) is 0 Å². The summed E-state index contributed by atoms with van der Waals surface area (Å²) in [6.45, 7) is 2.95. The highest BCUT2D eigenvalue weighted by Crippen LogP contribution is 2.30. The Kier molecular flexibility index (Phi) is 5.61. The highest BCUT2D eigenvalue weighted by molar-refractivity contribution is 5.83. The van der Waals surface area contributed by atoms with E-state index < -0.39 is 24.1 Å². The predicted octanol–water partition coefficient (Wildman–Crippen LogP) is 1.46. The number of carbonyl (C=O) groups excluding carboxylic acids is 1. The number of halogens is 3. The zero-order chi connectivity index (χ0) is 14.5. The monoisotopic (exact) mass is 282 g/mol. The molecule has 1 aliphatic heterocycles. The normalized spacial score (nSPS) is 20.9. The first kappa shape index (κ1) is 16.2. The van der Waals surface area contributed by atoms with Gasteiger partial charge >= 0.3 is 6.18 Å². The van der Waals surface area contributed by atoms with E-state index in [1.807, 2.05) is 0 Å². The molecule has 112 valence electrons. The summed E-state index contributed by atoms with van der Waals surface area (Å²) in [5.74, 6) is -0.340. The van der Waals surface area contributed by atoms with Crippen LogP contribution in [0.5, 0.6) is 0 Å². The maximum Gasteiger partial charge on any atom is 0.391 e. The molecular weight excluding hydrogens is 261 g/mol. The third-order valence-electron chi connectivity index (χ3n) is 3.38. The maximum absolute atomic E-state index is 12.3. The number of methoxy groups -OCH3 is 1. The largest absolute Gasteiger partial charge is 0.391 e. The van der Waals surface area contributed by atoms with Crippen LogP contribution in [0.1, 0.15) is 26.2 Å². The van der Waals surface area contributed by atoms with Crippen molar-refractivity contribution in [3.63, 3.8) is 0 Å². The Hall–Kier alpha value is -0.820. The molecule has 1 unspecified atom stereocenters. The Morgan fingerprint density at radius 2 is 2.00 bits per heavy atom. The van der Waals surface area contributed by atoms with Gasteiger partial charge in [-0.25, -0.2) is 0 Å². The number of rotatable bonds is 5. The van der Waals surface area contributed by atoms with E-state index in [-0.39, 0.29) is 12.5 Å². The minimum Gasteiger partial charge on any atom is -0.384 e. The summed E-state index contributed by atoms with van der Waals surface area (Å²) in [4.78, 5) is 12.2. The van der Waals surface area contributed by atoms with Crippen LogP contribution in [-0.4, -0.2) is 44.9 Å². The summed E-state index contributed by atoms with van der Waals surface area (Å²) in [7, 11) is 1.50. The smallest absolute Gasteiger partial charge is 0.384 e. The summed E-state index contributed by atoms with van der Waals surface area (Å²) in [5.41, 5.74) is -0.708. The summed E-state index contributed by atoms with van der Waals surface area (Å²) in [6, 6.07) is -0.920. The van der Waals surface area contributed by atoms with Gasteiger partial charge in [0.05, 0.1) is 18.4 Å². The molecule has 2 N–H and O–H groups in total. The van der Waals surface area contributed by atoms with Gasteiger partial charge in [0.2, 0.25) is 5.91 Å². The van der Waals surface area contributed by atoms with Crippen molar-refractivity contribution in [3.05, 3.63) is 0 Å². The van der Waals surface area contributed by atoms with Crippen LogP contribution < -0.4 is 10.6 Å². The van der Waals surface area contributed by atoms with Gasteiger partial charge in [0.15, 0.2) is 0 Å². The standard InChI is InChI=1S/C12H21F3N2O2/c1-9(7-12(13,14)15)17-10(18)11(8-19-2)3-5-16-6-4-11/h9,16H,3-8H2,1-2H3,(H,17,18). The van der Waals surface area contributed by atoms with Crippen molar-refractivity contribution < 1.29 is 22.7 Å². The topological polar surface area (TPSA) is 50.4 Å². The average Bonchev–Trinajstić information content (AvgIpc) is 2.27. The maximum atomic E-state index is 12.3. The number of hydrogen-bond acceptors (Lipinski definition) is 3. The van der Waals surface area contributed by atoms with Crippen LogP contribution >= 0.6 is 0 Å². The van der Waals surface area contributed by atoms with Gasteiger partial charge in [0.1, 0.15) is 0 Å². The molecule has 1 rings (SSSR count). The molecule has 0 saturated carbocycles. The number of amides is 1. The zero-order valence-electron chi connectivity index (χ0n) is 11.3. The first-order valence-electron chi connectivity index (χ1n) is 6.36. The van der Waals surface area contributed by atoms with Gasteiger partial charge in [0, 0.05) is 13.2 Å². The van der Waals surface area contributed by atoms with Gasteiger partial charge in [-0.2, -0.15) is 13.2 Å². The Balaban J connectivity index is 2.62. The van der Waals surface area contributed by atoms with Crippen LogP contribution in [0.25, 0.3) is 0 Å². The van der Waals surface area contributed by atoms with Crippen LogP contribution in [0, 0.1) is 5.41 Å². The molecule has 0 spiro atoms. The third kappa shape index (κ3) is 4.99. The Bertz CT molecular complexity index is 296.